The van der Waals surface area contributed by atoms with E-state index in [0.717, 1.165) is 11.5 Å². The van der Waals surface area contributed by atoms with Crippen molar-refractivity contribution in [2.75, 3.05) is 7.11 Å². The summed E-state index contributed by atoms with van der Waals surface area (Å²) < 4.78 is 5.13. The maximum atomic E-state index is 5.13. The van der Waals surface area contributed by atoms with Crippen LogP contribution in [0.3, 0.4) is 0 Å². The molecule has 0 spiro atoms. The van der Waals surface area contributed by atoms with E-state index in [1.165, 1.54) is 10.5 Å². The molecule has 2 aromatic rings. The Hall–Kier alpha value is -1.06. The Morgan fingerprint density at radius 1 is 0.895 bits per heavy atom. The van der Waals surface area contributed by atoms with Crippen LogP contribution in [0.1, 0.15) is 19.4 Å². The molecule has 0 saturated heterocycles. The topological polar surface area (TPSA) is 9.23 Å². The summed E-state index contributed by atoms with van der Waals surface area (Å²) in [6, 6.07) is 18.7. The molecule has 0 aromatic heterocycles. The van der Waals surface area contributed by atoms with Crippen LogP contribution in [0, 0.1) is 0 Å². The molecule has 2 rings (SSSR count). The highest BCUT2D eigenvalue weighted by atomic mass is 33.1. The molecular weight excluding hydrogens is 272 g/mol. The van der Waals surface area contributed by atoms with Gasteiger partial charge in [0, 0.05) is 10.6 Å². The average Bonchev–Trinajstić information content (AvgIpc) is 2.51. The van der Waals surface area contributed by atoms with E-state index in [1.54, 1.807) is 17.9 Å². The number of hydrogen-bond acceptors (Lipinski definition) is 3. The minimum Gasteiger partial charge on any atom is -0.497 e. The second kappa shape index (κ2) is 9.82. The predicted octanol–water partition coefficient (Wildman–Crippen LogP) is 5.66. The Morgan fingerprint density at radius 2 is 1.53 bits per heavy atom. The third-order valence-electron chi connectivity index (χ3n) is 2.28. The number of methoxy groups -OCH3 is 1. The van der Waals surface area contributed by atoms with E-state index in [0.29, 0.717) is 0 Å². The second-order valence-electron chi connectivity index (χ2n) is 3.51. The Labute approximate surface area is 124 Å². The van der Waals surface area contributed by atoms with Gasteiger partial charge >= 0.3 is 0 Å². The Bertz CT molecular complexity index is 440. The quantitative estimate of drug-likeness (QED) is 0.658. The van der Waals surface area contributed by atoms with E-state index in [4.69, 9.17) is 4.74 Å². The normalized spacial score (nSPS) is 9.42. The lowest BCUT2D eigenvalue weighted by molar-refractivity contribution is 0.414. The smallest absolute Gasteiger partial charge is 0.118 e. The van der Waals surface area contributed by atoms with Crippen molar-refractivity contribution in [3.8, 4) is 5.75 Å². The standard InChI is InChI=1S/C14H14OS2.C2H6/c1-15-13-7-9-14(10-8-13)17-16-11-12-5-3-2-4-6-12;1-2/h2-10H,11H2,1H3;1-2H3. The molecule has 1 nitrogen and oxygen atoms in total. The van der Waals surface area contributed by atoms with Crippen molar-refractivity contribution in [2.45, 2.75) is 24.5 Å². The van der Waals surface area contributed by atoms with Crippen LogP contribution in [0.4, 0.5) is 0 Å². The molecule has 0 aliphatic carbocycles. The Balaban J connectivity index is 0.000000861. The van der Waals surface area contributed by atoms with Crippen LogP contribution in [0.25, 0.3) is 0 Å². The van der Waals surface area contributed by atoms with Gasteiger partial charge in [-0.3, -0.25) is 0 Å². The molecule has 3 heteroatoms. The summed E-state index contributed by atoms with van der Waals surface area (Å²) in [6.07, 6.45) is 0. The molecule has 0 saturated carbocycles. The molecule has 0 aliphatic heterocycles. The fourth-order valence-electron chi connectivity index (χ4n) is 1.37. The van der Waals surface area contributed by atoms with Crippen molar-refractivity contribution < 1.29 is 4.74 Å². The van der Waals surface area contributed by atoms with Gasteiger partial charge in [-0.05, 0) is 29.8 Å². The molecule has 102 valence electrons. The van der Waals surface area contributed by atoms with Crippen LogP contribution >= 0.6 is 21.6 Å². The van der Waals surface area contributed by atoms with Crippen LogP contribution in [-0.4, -0.2) is 7.11 Å². The lowest BCUT2D eigenvalue weighted by atomic mass is 10.2. The first-order valence-electron chi connectivity index (χ1n) is 6.36. The van der Waals surface area contributed by atoms with Gasteiger partial charge in [0.05, 0.1) is 7.11 Å². The van der Waals surface area contributed by atoms with Gasteiger partial charge in [0.1, 0.15) is 5.75 Å². The van der Waals surface area contributed by atoms with Crippen molar-refractivity contribution in [2.24, 2.45) is 0 Å². The molecule has 0 bridgehead atoms. The van der Waals surface area contributed by atoms with Gasteiger partial charge in [-0.1, -0.05) is 65.8 Å². The number of ether oxygens (including phenoxy) is 1. The first-order chi connectivity index (χ1) is 9.38. The first kappa shape index (κ1) is 16.0. The maximum Gasteiger partial charge on any atom is 0.118 e. The van der Waals surface area contributed by atoms with Gasteiger partial charge in [0.15, 0.2) is 0 Å². The third kappa shape index (κ3) is 6.08. The molecule has 2 aromatic carbocycles. The van der Waals surface area contributed by atoms with Crippen LogP contribution < -0.4 is 4.74 Å². The van der Waals surface area contributed by atoms with Gasteiger partial charge < -0.3 is 4.74 Å². The van der Waals surface area contributed by atoms with Crippen molar-refractivity contribution in [1.29, 1.82) is 0 Å². The zero-order valence-electron chi connectivity index (χ0n) is 11.6. The lowest BCUT2D eigenvalue weighted by Gasteiger charge is -2.03. The second-order valence-corrected chi connectivity index (χ2v) is 5.88. The van der Waals surface area contributed by atoms with Gasteiger partial charge in [-0.2, -0.15) is 0 Å². The third-order valence-corrected chi connectivity index (χ3v) is 4.60. The van der Waals surface area contributed by atoms with Crippen LogP contribution in [0.15, 0.2) is 59.5 Å². The molecule has 0 atom stereocenters. The molecule has 0 aliphatic rings. The highest BCUT2D eigenvalue weighted by molar-refractivity contribution is 8.76. The summed E-state index contributed by atoms with van der Waals surface area (Å²) >= 11 is 0. The summed E-state index contributed by atoms with van der Waals surface area (Å²) in [7, 11) is 5.33. The number of rotatable bonds is 5. The summed E-state index contributed by atoms with van der Waals surface area (Å²) in [5.74, 6) is 1.93. The molecular formula is C16H20OS2. The monoisotopic (exact) mass is 292 g/mol. The highest BCUT2D eigenvalue weighted by Gasteiger charge is 1.97. The van der Waals surface area contributed by atoms with Crippen molar-refractivity contribution >= 4 is 21.6 Å². The summed E-state index contributed by atoms with van der Waals surface area (Å²) in [5, 5.41) is 0. The van der Waals surface area contributed by atoms with E-state index >= 15 is 0 Å². The summed E-state index contributed by atoms with van der Waals surface area (Å²) in [6.45, 7) is 4.00. The lowest BCUT2D eigenvalue weighted by Crippen LogP contribution is -1.80. The summed E-state index contributed by atoms with van der Waals surface area (Å²) in [4.78, 5) is 1.26. The first-order valence-corrected chi connectivity index (χ1v) is 8.68. The number of benzene rings is 2. The fraction of sp³-hybridized carbons (Fsp3) is 0.250. The minimum absolute atomic E-state index is 0.905. The van der Waals surface area contributed by atoms with Crippen LogP contribution in [-0.2, 0) is 5.75 Å². The Kier molecular flexibility index (Phi) is 8.26. The molecule has 0 heterocycles. The summed E-state index contributed by atoms with van der Waals surface area (Å²) in [5.41, 5.74) is 1.36. The van der Waals surface area contributed by atoms with Crippen LogP contribution in [0.2, 0.25) is 0 Å². The minimum atomic E-state index is 0.905. The van der Waals surface area contributed by atoms with E-state index in [9.17, 15) is 0 Å². The van der Waals surface area contributed by atoms with Crippen molar-refractivity contribution in [1.82, 2.24) is 0 Å². The van der Waals surface area contributed by atoms with E-state index in [1.807, 2.05) is 42.8 Å². The zero-order chi connectivity index (χ0) is 13.9. The average molecular weight is 292 g/mol. The SMILES string of the molecule is CC.COc1ccc(SSCc2ccccc2)cc1. The van der Waals surface area contributed by atoms with Gasteiger partial charge in [0.25, 0.3) is 0 Å². The Morgan fingerprint density at radius 3 is 2.11 bits per heavy atom. The largest absolute Gasteiger partial charge is 0.497 e. The predicted molar refractivity (Wildman–Crippen MR) is 87.9 cm³/mol. The molecule has 0 amide bonds. The molecule has 0 fully saturated rings. The molecule has 0 N–H and O–H groups in total. The highest BCUT2D eigenvalue weighted by Crippen LogP contribution is 2.34. The van der Waals surface area contributed by atoms with Crippen LogP contribution in [0.5, 0.6) is 5.75 Å². The fourth-order valence-corrected chi connectivity index (χ4v) is 3.47. The van der Waals surface area contributed by atoms with Gasteiger partial charge in [-0.15, -0.1) is 0 Å². The number of hydrogen-bond donors (Lipinski definition) is 0. The maximum absolute atomic E-state index is 5.13. The van der Waals surface area contributed by atoms with Crippen molar-refractivity contribution in [3.05, 3.63) is 60.2 Å². The molecule has 19 heavy (non-hydrogen) atoms. The van der Waals surface area contributed by atoms with E-state index < -0.39 is 0 Å². The van der Waals surface area contributed by atoms with Gasteiger partial charge in [0.2, 0.25) is 0 Å². The van der Waals surface area contributed by atoms with E-state index in [-0.39, 0.29) is 0 Å². The zero-order valence-corrected chi connectivity index (χ0v) is 13.3. The van der Waals surface area contributed by atoms with Crippen molar-refractivity contribution in [3.63, 3.8) is 0 Å². The molecule has 0 radical (unpaired) electrons. The van der Waals surface area contributed by atoms with E-state index in [2.05, 4.69) is 36.4 Å². The molecule has 0 unspecified atom stereocenters. The van der Waals surface area contributed by atoms with Gasteiger partial charge in [-0.25, -0.2) is 0 Å².